The molecule has 1 aliphatic heterocycles. The number of benzene rings is 1. The summed E-state index contributed by atoms with van der Waals surface area (Å²) in [5, 5.41) is 0. The van der Waals surface area contributed by atoms with E-state index in [4.69, 9.17) is 5.73 Å². The van der Waals surface area contributed by atoms with Crippen molar-refractivity contribution < 1.29 is 4.79 Å². The van der Waals surface area contributed by atoms with Gasteiger partial charge in [0.1, 0.15) is 0 Å². The Morgan fingerprint density at radius 3 is 2.89 bits per heavy atom. The molecular weight excluding hydrogens is 224 g/mol. The number of likely N-dealkylation sites (tertiary alicyclic amines) is 1. The molecule has 1 fully saturated rings. The lowest BCUT2D eigenvalue weighted by Crippen LogP contribution is -2.43. The van der Waals surface area contributed by atoms with Crippen LogP contribution < -0.4 is 5.73 Å². The van der Waals surface area contributed by atoms with Crippen LogP contribution in [0.15, 0.2) is 18.2 Å². The Morgan fingerprint density at radius 2 is 2.22 bits per heavy atom. The van der Waals surface area contributed by atoms with Crippen molar-refractivity contribution in [3.05, 3.63) is 29.3 Å². The summed E-state index contributed by atoms with van der Waals surface area (Å²) in [6, 6.07) is 6.06. The van der Waals surface area contributed by atoms with E-state index >= 15 is 0 Å². The molecule has 0 bridgehead atoms. The number of carbonyl (C=O) groups is 1. The Hall–Kier alpha value is -1.51. The smallest absolute Gasteiger partial charge is 0.256 e. The van der Waals surface area contributed by atoms with Gasteiger partial charge in [-0.1, -0.05) is 13.0 Å². The van der Waals surface area contributed by atoms with Crippen LogP contribution in [0.1, 0.15) is 48.5 Å². The first-order chi connectivity index (χ1) is 8.63. The van der Waals surface area contributed by atoms with Crippen LogP contribution in [-0.4, -0.2) is 23.4 Å². The number of amides is 1. The fourth-order valence-corrected chi connectivity index (χ4v) is 2.72. The zero-order valence-corrected chi connectivity index (χ0v) is 11.3. The van der Waals surface area contributed by atoms with E-state index in [-0.39, 0.29) is 5.91 Å². The predicted molar refractivity (Wildman–Crippen MR) is 74.6 cm³/mol. The predicted octanol–water partition coefficient (Wildman–Crippen LogP) is 2.98. The third kappa shape index (κ3) is 2.50. The highest BCUT2D eigenvalue weighted by Crippen LogP contribution is 2.24. The molecule has 1 aromatic rings. The van der Waals surface area contributed by atoms with Gasteiger partial charge >= 0.3 is 0 Å². The van der Waals surface area contributed by atoms with Crippen molar-refractivity contribution in [3.63, 3.8) is 0 Å². The molecule has 1 amide bonds. The molecule has 1 heterocycles. The zero-order valence-electron chi connectivity index (χ0n) is 11.3. The van der Waals surface area contributed by atoms with E-state index in [1.807, 2.05) is 30.0 Å². The first kappa shape index (κ1) is 12.9. The van der Waals surface area contributed by atoms with Gasteiger partial charge in [-0.2, -0.15) is 0 Å². The van der Waals surface area contributed by atoms with Crippen molar-refractivity contribution >= 4 is 11.6 Å². The fourth-order valence-electron chi connectivity index (χ4n) is 2.72. The summed E-state index contributed by atoms with van der Waals surface area (Å²) in [4.78, 5) is 14.6. The molecule has 1 aliphatic rings. The monoisotopic (exact) mass is 246 g/mol. The van der Waals surface area contributed by atoms with Gasteiger partial charge in [-0.3, -0.25) is 4.79 Å². The van der Waals surface area contributed by atoms with E-state index in [2.05, 4.69) is 6.92 Å². The van der Waals surface area contributed by atoms with Crippen LogP contribution in [0.2, 0.25) is 0 Å². The second kappa shape index (κ2) is 5.42. The van der Waals surface area contributed by atoms with Crippen LogP contribution in [0, 0.1) is 6.92 Å². The lowest BCUT2D eigenvalue weighted by molar-refractivity contribution is 0.0609. The molecular formula is C15H22N2O. The molecule has 3 nitrogen and oxygen atoms in total. The summed E-state index contributed by atoms with van der Waals surface area (Å²) in [6.07, 6.45) is 4.48. The van der Waals surface area contributed by atoms with Crippen molar-refractivity contribution in [2.45, 2.75) is 45.6 Å². The van der Waals surface area contributed by atoms with Crippen LogP contribution in [0.5, 0.6) is 0 Å². The third-order valence-corrected chi connectivity index (χ3v) is 3.80. The number of anilines is 1. The lowest BCUT2D eigenvalue weighted by Gasteiger charge is -2.35. The summed E-state index contributed by atoms with van der Waals surface area (Å²) >= 11 is 0. The Bertz CT molecular complexity index is 442. The van der Waals surface area contributed by atoms with Crippen LogP contribution in [0.4, 0.5) is 5.69 Å². The Kier molecular flexibility index (Phi) is 3.90. The Morgan fingerprint density at radius 1 is 1.44 bits per heavy atom. The van der Waals surface area contributed by atoms with Gasteiger partial charge in [0.15, 0.2) is 0 Å². The minimum absolute atomic E-state index is 0.0963. The first-order valence-corrected chi connectivity index (χ1v) is 6.80. The Balaban J connectivity index is 2.24. The van der Waals surface area contributed by atoms with Gasteiger partial charge in [0, 0.05) is 18.3 Å². The summed E-state index contributed by atoms with van der Waals surface area (Å²) in [5.74, 6) is 0.0963. The number of hydrogen-bond donors (Lipinski definition) is 1. The fraction of sp³-hybridized carbons (Fsp3) is 0.533. The lowest BCUT2D eigenvalue weighted by atomic mass is 9.98. The maximum Gasteiger partial charge on any atom is 0.256 e. The number of nitrogens with zero attached hydrogens (tertiary/aromatic N) is 1. The quantitative estimate of drug-likeness (QED) is 0.815. The largest absolute Gasteiger partial charge is 0.398 e. The molecule has 0 aromatic heterocycles. The molecule has 18 heavy (non-hydrogen) atoms. The van der Waals surface area contributed by atoms with Crippen molar-refractivity contribution in [1.29, 1.82) is 0 Å². The SMILES string of the molecule is CCC1CCCCN1C(=O)c1ccc(C)cc1N. The number of aryl methyl sites for hydroxylation is 1. The van der Waals surface area contributed by atoms with Crippen molar-refractivity contribution in [3.8, 4) is 0 Å². The van der Waals surface area contributed by atoms with Crippen molar-refractivity contribution in [1.82, 2.24) is 4.90 Å². The number of rotatable bonds is 2. The standard InChI is InChI=1S/C15H22N2O/c1-3-12-6-4-5-9-17(12)15(18)13-8-7-11(2)10-14(13)16/h7-8,10,12H,3-6,9,16H2,1-2H3. The van der Waals surface area contributed by atoms with E-state index in [1.54, 1.807) is 0 Å². The Labute approximate surface area is 109 Å². The molecule has 3 heteroatoms. The molecule has 1 aromatic carbocycles. The highest BCUT2D eigenvalue weighted by Gasteiger charge is 2.26. The molecule has 0 spiro atoms. The van der Waals surface area contributed by atoms with Gasteiger partial charge in [0.25, 0.3) is 5.91 Å². The minimum Gasteiger partial charge on any atom is -0.398 e. The second-order valence-electron chi connectivity index (χ2n) is 5.15. The van der Waals surface area contributed by atoms with Gasteiger partial charge in [0.2, 0.25) is 0 Å². The van der Waals surface area contributed by atoms with E-state index in [0.29, 0.717) is 17.3 Å². The molecule has 1 saturated heterocycles. The summed E-state index contributed by atoms with van der Waals surface area (Å²) in [5.41, 5.74) is 8.31. The number of piperidine rings is 1. The molecule has 2 N–H and O–H groups in total. The van der Waals surface area contributed by atoms with Gasteiger partial charge in [0.05, 0.1) is 5.56 Å². The normalized spacial score (nSPS) is 19.9. The highest BCUT2D eigenvalue weighted by molar-refractivity contribution is 5.99. The number of hydrogen-bond acceptors (Lipinski definition) is 2. The van der Waals surface area contributed by atoms with Crippen LogP contribution in [0.25, 0.3) is 0 Å². The number of carbonyl (C=O) groups excluding carboxylic acids is 1. The van der Waals surface area contributed by atoms with E-state index in [1.165, 1.54) is 6.42 Å². The molecule has 0 aliphatic carbocycles. The van der Waals surface area contributed by atoms with Crippen molar-refractivity contribution in [2.75, 3.05) is 12.3 Å². The second-order valence-corrected chi connectivity index (χ2v) is 5.15. The van der Waals surface area contributed by atoms with Gasteiger partial charge in [-0.05, 0) is 50.3 Å². The average Bonchev–Trinajstić information content (AvgIpc) is 2.38. The maximum atomic E-state index is 12.5. The van der Waals surface area contributed by atoms with Crippen LogP contribution in [-0.2, 0) is 0 Å². The third-order valence-electron chi connectivity index (χ3n) is 3.80. The average molecular weight is 246 g/mol. The highest BCUT2D eigenvalue weighted by atomic mass is 16.2. The molecule has 0 saturated carbocycles. The number of nitrogen functional groups attached to an aromatic ring is 1. The first-order valence-electron chi connectivity index (χ1n) is 6.80. The van der Waals surface area contributed by atoms with Gasteiger partial charge in [-0.15, -0.1) is 0 Å². The molecule has 98 valence electrons. The summed E-state index contributed by atoms with van der Waals surface area (Å²) in [7, 11) is 0. The van der Waals surface area contributed by atoms with Gasteiger partial charge in [-0.25, -0.2) is 0 Å². The maximum absolute atomic E-state index is 12.5. The van der Waals surface area contributed by atoms with Crippen LogP contribution >= 0.6 is 0 Å². The van der Waals surface area contributed by atoms with E-state index < -0.39 is 0 Å². The summed E-state index contributed by atoms with van der Waals surface area (Å²) < 4.78 is 0. The molecule has 0 radical (unpaired) electrons. The van der Waals surface area contributed by atoms with Crippen molar-refractivity contribution in [2.24, 2.45) is 0 Å². The zero-order chi connectivity index (χ0) is 13.1. The minimum atomic E-state index is 0.0963. The van der Waals surface area contributed by atoms with E-state index in [0.717, 1.165) is 31.4 Å². The topological polar surface area (TPSA) is 46.3 Å². The van der Waals surface area contributed by atoms with E-state index in [9.17, 15) is 4.79 Å². The molecule has 1 atom stereocenters. The number of nitrogens with two attached hydrogens (primary N) is 1. The van der Waals surface area contributed by atoms with Crippen LogP contribution in [0.3, 0.4) is 0 Å². The molecule has 1 unspecified atom stereocenters. The summed E-state index contributed by atoms with van der Waals surface area (Å²) in [6.45, 7) is 5.00. The molecule has 2 rings (SSSR count). The van der Waals surface area contributed by atoms with Gasteiger partial charge < -0.3 is 10.6 Å².